The number of benzene rings is 2. The number of esters is 1. The van der Waals surface area contributed by atoms with E-state index >= 15 is 0 Å². The van der Waals surface area contributed by atoms with Crippen molar-refractivity contribution in [3.63, 3.8) is 0 Å². The molecule has 1 aromatic heterocycles. The molecular weight excluding hydrogens is 342 g/mol. The minimum absolute atomic E-state index is 0.0298. The molecule has 0 amide bonds. The average molecular weight is 365 g/mol. The van der Waals surface area contributed by atoms with E-state index < -0.39 is 12.1 Å². The minimum atomic E-state index is -0.906. The van der Waals surface area contributed by atoms with Crippen LogP contribution in [0.4, 0.5) is 0 Å². The maximum atomic E-state index is 11.0. The van der Waals surface area contributed by atoms with Crippen LogP contribution in [0.15, 0.2) is 61.2 Å². The van der Waals surface area contributed by atoms with E-state index in [2.05, 4.69) is 36.3 Å². The van der Waals surface area contributed by atoms with Crippen molar-refractivity contribution < 1.29 is 19.4 Å². The lowest BCUT2D eigenvalue weighted by atomic mass is 10.1. The van der Waals surface area contributed by atoms with Gasteiger partial charge in [0.2, 0.25) is 0 Å². The molecule has 0 saturated heterocycles. The van der Waals surface area contributed by atoms with Gasteiger partial charge < -0.3 is 19.1 Å². The number of ether oxygens (including phenoxy) is 2. The fourth-order valence-electron chi connectivity index (χ4n) is 2.99. The Morgan fingerprint density at radius 1 is 1.22 bits per heavy atom. The van der Waals surface area contributed by atoms with Crippen molar-refractivity contribution in [1.82, 2.24) is 4.57 Å². The number of hydrogen-bond acceptors (Lipinski definition) is 4. The van der Waals surface area contributed by atoms with Crippen LogP contribution in [-0.4, -0.2) is 35.0 Å². The summed E-state index contributed by atoms with van der Waals surface area (Å²) in [6.45, 7) is 5.27. The summed E-state index contributed by atoms with van der Waals surface area (Å²) in [5.41, 5.74) is 4.46. The van der Waals surface area contributed by atoms with Crippen molar-refractivity contribution in [2.75, 3.05) is 13.2 Å². The number of rotatable bonds is 7. The Morgan fingerprint density at radius 2 is 2.00 bits per heavy atom. The van der Waals surface area contributed by atoms with E-state index in [9.17, 15) is 9.90 Å². The second-order valence-electron chi connectivity index (χ2n) is 6.42. The molecule has 0 fully saturated rings. The smallest absolute Gasteiger partial charge is 0.330 e. The van der Waals surface area contributed by atoms with Crippen LogP contribution in [0.5, 0.6) is 5.75 Å². The lowest BCUT2D eigenvalue weighted by Crippen LogP contribution is -2.24. The predicted molar refractivity (Wildman–Crippen MR) is 106 cm³/mol. The lowest BCUT2D eigenvalue weighted by Gasteiger charge is -2.14. The Bertz CT molecular complexity index is 974. The molecule has 0 saturated carbocycles. The fourth-order valence-corrected chi connectivity index (χ4v) is 2.99. The molecular formula is C22H23NO4. The van der Waals surface area contributed by atoms with Gasteiger partial charge in [-0.3, -0.25) is 0 Å². The molecule has 3 rings (SSSR count). The van der Waals surface area contributed by atoms with Crippen LogP contribution < -0.4 is 4.74 Å². The topological polar surface area (TPSA) is 60.7 Å². The van der Waals surface area contributed by atoms with E-state index in [1.54, 1.807) is 0 Å². The number of hydrogen-bond donors (Lipinski definition) is 1. The molecule has 1 atom stereocenters. The number of para-hydroxylation sites is 1. The first-order valence-corrected chi connectivity index (χ1v) is 8.75. The predicted octanol–water partition coefficient (Wildman–Crippen LogP) is 3.62. The van der Waals surface area contributed by atoms with Crippen molar-refractivity contribution in [2.24, 2.45) is 7.05 Å². The monoisotopic (exact) mass is 365 g/mol. The molecule has 0 aliphatic carbocycles. The van der Waals surface area contributed by atoms with E-state index in [-0.39, 0.29) is 13.2 Å². The molecule has 3 aromatic rings. The van der Waals surface area contributed by atoms with Crippen LogP contribution in [0.3, 0.4) is 0 Å². The number of aliphatic hydroxyl groups is 1. The van der Waals surface area contributed by atoms with Crippen molar-refractivity contribution >= 4 is 16.9 Å². The van der Waals surface area contributed by atoms with E-state index in [4.69, 9.17) is 9.47 Å². The number of carbonyl (C=O) groups is 1. The van der Waals surface area contributed by atoms with Crippen molar-refractivity contribution in [2.45, 2.75) is 13.0 Å². The summed E-state index contributed by atoms with van der Waals surface area (Å²) in [4.78, 5) is 11.0. The van der Waals surface area contributed by atoms with Crippen molar-refractivity contribution in [3.8, 4) is 17.0 Å². The molecule has 0 aliphatic heterocycles. The number of aryl methyl sites for hydroxylation is 2. The molecule has 5 heteroatoms. The van der Waals surface area contributed by atoms with Crippen LogP contribution in [0.2, 0.25) is 0 Å². The van der Waals surface area contributed by atoms with E-state index in [1.165, 1.54) is 5.39 Å². The summed E-state index contributed by atoms with van der Waals surface area (Å²) in [6.07, 6.45) is 0.153. The number of carbonyl (C=O) groups excluding carboxylic acids is 1. The molecule has 1 unspecified atom stereocenters. The maximum absolute atomic E-state index is 11.0. The first-order chi connectivity index (χ1) is 13.0. The molecule has 0 aliphatic rings. The van der Waals surface area contributed by atoms with Crippen LogP contribution in [0.25, 0.3) is 22.2 Å². The van der Waals surface area contributed by atoms with Crippen molar-refractivity contribution in [1.29, 1.82) is 0 Å². The van der Waals surface area contributed by atoms with E-state index in [0.29, 0.717) is 5.75 Å². The van der Waals surface area contributed by atoms with Gasteiger partial charge in [0.1, 0.15) is 25.1 Å². The van der Waals surface area contributed by atoms with Crippen LogP contribution >= 0.6 is 0 Å². The largest absolute Gasteiger partial charge is 0.491 e. The van der Waals surface area contributed by atoms with Gasteiger partial charge in [0.15, 0.2) is 0 Å². The third-order valence-electron chi connectivity index (χ3n) is 4.46. The normalized spacial score (nSPS) is 12.0. The van der Waals surface area contributed by atoms with Crippen molar-refractivity contribution in [3.05, 3.63) is 66.7 Å². The highest BCUT2D eigenvalue weighted by atomic mass is 16.5. The molecule has 0 bridgehead atoms. The van der Waals surface area contributed by atoms with E-state index in [0.717, 1.165) is 28.4 Å². The Labute approximate surface area is 158 Å². The third kappa shape index (κ3) is 4.20. The molecule has 5 nitrogen and oxygen atoms in total. The van der Waals surface area contributed by atoms with Gasteiger partial charge in [0, 0.05) is 35.3 Å². The van der Waals surface area contributed by atoms with Gasteiger partial charge in [-0.1, -0.05) is 30.8 Å². The SMILES string of the molecule is C=CC(=O)OCC(O)COc1ccc(C)c(-c2cc3ccccc3n2C)c1. The van der Waals surface area contributed by atoms with Gasteiger partial charge in [0.05, 0.1) is 0 Å². The molecule has 0 radical (unpaired) electrons. The van der Waals surface area contributed by atoms with Crippen LogP contribution in [0.1, 0.15) is 5.56 Å². The van der Waals surface area contributed by atoms with Crippen LogP contribution in [-0.2, 0) is 16.6 Å². The van der Waals surface area contributed by atoms with Gasteiger partial charge >= 0.3 is 5.97 Å². The third-order valence-corrected chi connectivity index (χ3v) is 4.46. The molecule has 1 N–H and O–H groups in total. The Hall–Kier alpha value is -3.05. The molecule has 140 valence electrons. The first kappa shape index (κ1) is 18.7. The summed E-state index contributed by atoms with van der Waals surface area (Å²) in [5.74, 6) is 0.0809. The van der Waals surface area contributed by atoms with Gasteiger partial charge in [-0.2, -0.15) is 0 Å². The highest BCUT2D eigenvalue weighted by molar-refractivity contribution is 5.87. The number of nitrogens with zero attached hydrogens (tertiary/aromatic N) is 1. The molecule has 0 spiro atoms. The average Bonchev–Trinajstić information content (AvgIpc) is 3.02. The summed E-state index contributed by atoms with van der Waals surface area (Å²) in [7, 11) is 2.04. The van der Waals surface area contributed by atoms with Crippen LogP contribution in [0, 0.1) is 6.92 Å². The summed E-state index contributed by atoms with van der Waals surface area (Å²) >= 11 is 0. The lowest BCUT2D eigenvalue weighted by molar-refractivity contribution is -0.141. The second kappa shape index (κ2) is 8.10. The Balaban J connectivity index is 1.77. The maximum Gasteiger partial charge on any atom is 0.330 e. The molecule has 2 aromatic carbocycles. The summed E-state index contributed by atoms with van der Waals surface area (Å²) < 4.78 is 12.7. The molecule has 1 heterocycles. The summed E-state index contributed by atoms with van der Waals surface area (Å²) in [5, 5.41) is 11.1. The highest BCUT2D eigenvalue weighted by Gasteiger charge is 2.12. The first-order valence-electron chi connectivity index (χ1n) is 8.75. The highest BCUT2D eigenvalue weighted by Crippen LogP contribution is 2.31. The zero-order chi connectivity index (χ0) is 19.4. The quantitative estimate of drug-likeness (QED) is 0.513. The summed E-state index contributed by atoms with van der Waals surface area (Å²) in [6, 6.07) is 16.2. The van der Waals surface area contributed by atoms with Gasteiger partial charge in [-0.05, 0) is 36.8 Å². The fraction of sp³-hybridized carbons (Fsp3) is 0.227. The Kier molecular flexibility index (Phi) is 5.62. The van der Waals surface area contributed by atoms with Gasteiger partial charge in [-0.15, -0.1) is 0 Å². The second-order valence-corrected chi connectivity index (χ2v) is 6.42. The van der Waals surface area contributed by atoms with Gasteiger partial charge in [-0.25, -0.2) is 4.79 Å². The zero-order valence-electron chi connectivity index (χ0n) is 15.5. The van der Waals surface area contributed by atoms with Gasteiger partial charge in [0.25, 0.3) is 0 Å². The number of fused-ring (bicyclic) bond motifs is 1. The molecule has 27 heavy (non-hydrogen) atoms. The standard InChI is InChI=1S/C22H23NO4/c1-4-22(25)27-14-17(24)13-26-18-10-9-15(2)19(12-18)21-11-16-7-5-6-8-20(16)23(21)3/h4-12,17,24H,1,13-14H2,2-3H3. The number of aromatic nitrogens is 1. The Morgan fingerprint density at radius 3 is 2.74 bits per heavy atom. The minimum Gasteiger partial charge on any atom is -0.491 e. The number of aliphatic hydroxyl groups excluding tert-OH is 1. The van der Waals surface area contributed by atoms with E-state index in [1.807, 2.05) is 37.4 Å². The zero-order valence-corrected chi connectivity index (χ0v) is 15.5.